The molecular weight excluding hydrogens is 1190 g/mol. The van der Waals surface area contributed by atoms with Gasteiger partial charge in [0.05, 0.1) is 26.4 Å². The maximum absolute atomic E-state index is 12.9. The van der Waals surface area contributed by atoms with Gasteiger partial charge in [-0.05, 0) is 103 Å². The van der Waals surface area contributed by atoms with E-state index in [0.29, 0.717) is 19.3 Å². The number of phosphoric ester groups is 2. The lowest BCUT2D eigenvalue weighted by Crippen LogP contribution is -2.30. The first-order valence-electron chi connectivity index (χ1n) is 35.2. The summed E-state index contributed by atoms with van der Waals surface area (Å²) in [6.45, 7) is 2.42. The van der Waals surface area contributed by atoms with Gasteiger partial charge in [0.15, 0.2) is 6.10 Å². The van der Waals surface area contributed by atoms with Crippen molar-refractivity contribution in [2.75, 3.05) is 39.6 Å². The van der Waals surface area contributed by atoms with Crippen LogP contribution in [-0.2, 0) is 55.8 Å². The second-order valence-corrected chi connectivity index (χ2v) is 26.2. The van der Waals surface area contributed by atoms with Crippen LogP contribution in [-0.4, -0.2) is 95.9 Å². The van der Waals surface area contributed by atoms with Gasteiger partial charge < -0.3 is 34.2 Å². The first-order chi connectivity index (χ1) is 44.2. The van der Waals surface area contributed by atoms with Crippen LogP contribution < -0.4 is 0 Å². The van der Waals surface area contributed by atoms with Gasteiger partial charge in [-0.25, -0.2) is 9.13 Å². The molecule has 0 fully saturated rings. The van der Waals surface area contributed by atoms with Gasteiger partial charge >= 0.3 is 33.6 Å². The fourth-order valence-corrected chi connectivity index (χ4v) is 10.8. The zero-order chi connectivity index (χ0) is 66.7. The molecule has 0 aromatic heterocycles. The van der Waals surface area contributed by atoms with E-state index in [1.165, 1.54) is 64.2 Å². The van der Waals surface area contributed by atoms with E-state index in [9.17, 15) is 43.5 Å². The van der Waals surface area contributed by atoms with Crippen LogP contribution in [0.3, 0.4) is 0 Å². The zero-order valence-electron chi connectivity index (χ0n) is 56.7. The summed E-state index contributed by atoms with van der Waals surface area (Å²) in [4.78, 5) is 58.4. The fraction of sp³-hybridized carbons (Fsp3) is 0.712. The summed E-state index contributed by atoms with van der Waals surface area (Å²) in [6, 6.07) is 0. The number of rotatable bonds is 66. The molecule has 0 saturated carbocycles. The molecule has 18 heteroatoms. The van der Waals surface area contributed by atoms with E-state index in [1.54, 1.807) is 0 Å². The Morgan fingerprint density at radius 3 is 0.923 bits per heavy atom. The number of aliphatic hydroxyl groups excluding tert-OH is 2. The summed E-state index contributed by atoms with van der Waals surface area (Å²) < 4.78 is 60.9. The lowest BCUT2D eigenvalue weighted by Gasteiger charge is -2.21. The Kier molecular flexibility index (Phi) is 63.5. The van der Waals surface area contributed by atoms with Gasteiger partial charge in [0.1, 0.15) is 25.4 Å². The third kappa shape index (κ3) is 67.4. The average Bonchev–Trinajstić information content (AvgIpc) is 3.63. The number of carbonyl (C=O) groups is 3. The van der Waals surface area contributed by atoms with E-state index < -0.39 is 91.5 Å². The number of hydrogen-bond acceptors (Lipinski definition) is 14. The minimum Gasteiger partial charge on any atom is -0.463 e. The molecule has 0 rings (SSSR count). The molecule has 0 saturated heterocycles. The lowest BCUT2D eigenvalue weighted by atomic mass is 10.0. The average molecular weight is 1320 g/mol. The maximum Gasteiger partial charge on any atom is 0.472 e. The van der Waals surface area contributed by atoms with Crippen LogP contribution in [0.15, 0.2) is 109 Å². The number of esters is 3. The SMILES string of the molecule is CC/C=C\C/C=C\C/C=C\C/C=C\C/C=C\C/C=C\CCCCCCC(=O)OCC(O)COP(=O)(O)OCC(O)COP(=O)(O)OCC(COC(=O)CCCCCCCCC/C=C\C/C=C\C/C=C\CC)OC(=O)CCCCCCCCCCCCCCCCC. The van der Waals surface area contributed by atoms with Crippen molar-refractivity contribution in [3.63, 3.8) is 0 Å². The van der Waals surface area contributed by atoms with Crippen molar-refractivity contribution in [1.29, 1.82) is 0 Å². The number of unbranched alkanes of at least 4 members (excludes halogenated alkanes) is 25. The van der Waals surface area contributed by atoms with Crippen molar-refractivity contribution >= 4 is 33.6 Å². The Labute approximate surface area is 551 Å². The van der Waals surface area contributed by atoms with E-state index in [1.807, 2.05) is 0 Å². The van der Waals surface area contributed by atoms with Crippen molar-refractivity contribution < 1.29 is 75.8 Å². The topological polar surface area (TPSA) is 231 Å². The van der Waals surface area contributed by atoms with Crippen LogP contribution in [0.2, 0.25) is 0 Å². The molecule has 0 aliphatic rings. The molecule has 5 atom stereocenters. The Balaban J connectivity index is 4.65. The minimum absolute atomic E-state index is 0.104. The summed E-state index contributed by atoms with van der Waals surface area (Å²) in [7, 11) is -9.79. The van der Waals surface area contributed by atoms with E-state index in [0.717, 1.165) is 154 Å². The molecule has 0 aliphatic heterocycles. The molecule has 16 nitrogen and oxygen atoms in total. The first-order valence-corrected chi connectivity index (χ1v) is 38.2. The fourth-order valence-electron chi connectivity index (χ4n) is 9.18. The molecule has 91 heavy (non-hydrogen) atoms. The Hall–Kier alpha value is -3.79. The number of hydrogen-bond donors (Lipinski definition) is 4. The van der Waals surface area contributed by atoms with Crippen LogP contribution >= 0.6 is 15.6 Å². The highest BCUT2D eigenvalue weighted by molar-refractivity contribution is 7.47. The molecule has 0 aromatic rings. The predicted octanol–water partition coefficient (Wildman–Crippen LogP) is 19.6. The van der Waals surface area contributed by atoms with Gasteiger partial charge in [-0.15, -0.1) is 0 Å². The van der Waals surface area contributed by atoms with Crippen molar-refractivity contribution in [1.82, 2.24) is 0 Å². The molecule has 0 heterocycles. The molecule has 0 spiro atoms. The largest absolute Gasteiger partial charge is 0.472 e. The normalized spacial score (nSPS) is 14.8. The van der Waals surface area contributed by atoms with Gasteiger partial charge in [0.2, 0.25) is 0 Å². The lowest BCUT2D eigenvalue weighted by molar-refractivity contribution is -0.161. The van der Waals surface area contributed by atoms with Crippen LogP contribution in [0.1, 0.15) is 278 Å². The summed E-state index contributed by atoms with van der Waals surface area (Å²) >= 11 is 0. The van der Waals surface area contributed by atoms with Crippen molar-refractivity contribution in [3.05, 3.63) is 109 Å². The number of carbonyl (C=O) groups excluding carboxylic acids is 3. The van der Waals surface area contributed by atoms with Crippen LogP contribution in [0, 0.1) is 0 Å². The molecule has 0 aromatic carbocycles. The van der Waals surface area contributed by atoms with E-state index in [-0.39, 0.29) is 19.3 Å². The molecule has 524 valence electrons. The third-order valence-electron chi connectivity index (χ3n) is 14.5. The molecule has 5 unspecified atom stereocenters. The molecule has 0 amide bonds. The van der Waals surface area contributed by atoms with Crippen LogP contribution in [0.5, 0.6) is 0 Å². The molecular formula is C73H126O16P2. The van der Waals surface area contributed by atoms with Gasteiger partial charge in [0, 0.05) is 19.3 Å². The number of phosphoric acid groups is 2. The summed E-state index contributed by atoms with van der Waals surface area (Å²) in [6.07, 6.45) is 74.2. The Morgan fingerprint density at radius 2 is 0.582 bits per heavy atom. The monoisotopic (exact) mass is 1320 g/mol. The molecule has 0 bridgehead atoms. The highest BCUT2D eigenvalue weighted by Crippen LogP contribution is 2.45. The van der Waals surface area contributed by atoms with E-state index in [2.05, 4.69) is 130 Å². The maximum atomic E-state index is 12.9. The number of aliphatic hydroxyl groups is 2. The van der Waals surface area contributed by atoms with Gasteiger partial charge in [0.25, 0.3) is 0 Å². The predicted molar refractivity (Wildman–Crippen MR) is 371 cm³/mol. The summed E-state index contributed by atoms with van der Waals surface area (Å²) in [5.74, 6) is -1.60. The highest BCUT2D eigenvalue weighted by Gasteiger charge is 2.29. The first kappa shape index (κ1) is 87.2. The van der Waals surface area contributed by atoms with Crippen molar-refractivity contribution in [2.24, 2.45) is 0 Å². The Morgan fingerprint density at radius 1 is 0.319 bits per heavy atom. The quantitative estimate of drug-likeness (QED) is 0.0146. The molecule has 0 radical (unpaired) electrons. The van der Waals surface area contributed by atoms with Crippen LogP contribution in [0.4, 0.5) is 0 Å². The van der Waals surface area contributed by atoms with Gasteiger partial charge in [-0.2, -0.15) is 0 Å². The second kappa shape index (κ2) is 66.2. The highest BCUT2D eigenvalue weighted by atomic mass is 31.2. The second-order valence-electron chi connectivity index (χ2n) is 23.3. The molecule has 4 N–H and O–H groups in total. The van der Waals surface area contributed by atoms with Gasteiger partial charge in [-0.1, -0.05) is 265 Å². The third-order valence-corrected chi connectivity index (χ3v) is 16.4. The van der Waals surface area contributed by atoms with E-state index >= 15 is 0 Å². The summed E-state index contributed by atoms with van der Waals surface area (Å²) in [5, 5.41) is 20.6. The van der Waals surface area contributed by atoms with Crippen molar-refractivity contribution in [2.45, 2.75) is 296 Å². The Bertz CT molecular complexity index is 2100. The summed E-state index contributed by atoms with van der Waals surface area (Å²) in [5.41, 5.74) is 0. The van der Waals surface area contributed by atoms with Gasteiger partial charge in [-0.3, -0.25) is 32.5 Å². The standard InChI is InChI=1S/C73H126O16P2/c1-4-7-10-13-16-19-22-25-28-30-31-32-33-34-35-37-40-41-44-47-50-53-56-59-71(76)83-62-68(74)63-85-90(79,80)86-64-69(75)65-87-91(81,82)88-67-70(89-73(78)61-58-55-52-49-46-43-38-27-24-21-18-15-12-9-6-3)66-84-72(77)60-57-54-51-48-45-42-39-36-29-26-23-20-17-14-11-8-5-2/h7-8,10-11,16-17,19-20,25-26,28-29,31-32,34-35,40-41,68-70,74-75H,4-6,9,12-15,18,21-24,27,30,33,36-39,42-67H2,1-3H3,(H,79,80)(H,81,82)/b10-7-,11-8-,19-16-,20-17-,28-25-,29-26-,32-31-,35-34-,41-40-. The number of ether oxygens (including phenoxy) is 3. The van der Waals surface area contributed by atoms with Crippen LogP contribution in [0.25, 0.3) is 0 Å². The van der Waals surface area contributed by atoms with Crippen molar-refractivity contribution in [3.8, 4) is 0 Å². The number of allylic oxidation sites excluding steroid dienone is 18. The zero-order valence-corrected chi connectivity index (χ0v) is 58.5. The van der Waals surface area contributed by atoms with E-state index in [4.69, 9.17) is 32.3 Å². The molecule has 0 aliphatic carbocycles. The minimum atomic E-state index is -4.93. The smallest absolute Gasteiger partial charge is 0.463 e.